The van der Waals surface area contributed by atoms with Crippen LogP contribution in [0.2, 0.25) is 0 Å². The van der Waals surface area contributed by atoms with E-state index in [9.17, 15) is 8.42 Å². The molecule has 0 heterocycles. The van der Waals surface area contributed by atoms with E-state index in [1.54, 1.807) is 12.1 Å². The van der Waals surface area contributed by atoms with E-state index >= 15 is 0 Å². The van der Waals surface area contributed by atoms with Gasteiger partial charge in [-0.25, -0.2) is 13.6 Å². The zero-order valence-electron chi connectivity index (χ0n) is 11.7. The summed E-state index contributed by atoms with van der Waals surface area (Å²) < 4.78 is 22.6. The highest BCUT2D eigenvalue weighted by atomic mass is 32.2. The van der Waals surface area contributed by atoms with E-state index in [4.69, 9.17) is 10.9 Å². The summed E-state index contributed by atoms with van der Waals surface area (Å²) in [4.78, 5) is -0.0341. The number of nitrogens with two attached hydrogens (primary N) is 2. The zero-order chi connectivity index (χ0) is 14.7. The second-order valence-electron chi connectivity index (χ2n) is 4.76. The van der Waals surface area contributed by atoms with Crippen LogP contribution in [0.1, 0.15) is 40.0 Å². The Kier molecular flexibility index (Phi) is 4.81. The number of benzene rings is 1. The first kappa shape index (κ1) is 15.8. The Labute approximate surface area is 115 Å². The SMILES string of the molecule is CCC(CC)(CC)Nc1ccc(S(N)(=O)=O)c(N)c1. The van der Waals surface area contributed by atoms with Crippen LogP contribution < -0.4 is 16.2 Å². The fourth-order valence-electron chi connectivity index (χ4n) is 2.21. The lowest BCUT2D eigenvalue weighted by atomic mass is 9.89. The van der Waals surface area contributed by atoms with Crippen molar-refractivity contribution in [3.8, 4) is 0 Å². The first-order valence-electron chi connectivity index (χ1n) is 6.48. The van der Waals surface area contributed by atoms with E-state index in [-0.39, 0.29) is 16.1 Å². The highest BCUT2D eigenvalue weighted by molar-refractivity contribution is 7.89. The van der Waals surface area contributed by atoms with Crippen molar-refractivity contribution in [2.75, 3.05) is 11.1 Å². The summed E-state index contributed by atoms with van der Waals surface area (Å²) in [7, 11) is -3.76. The molecule has 1 aromatic carbocycles. The molecule has 0 fully saturated rings. The summed E-state index contributed by atoms with van der Waals surface area (Å²) in [5, 5.41) is 8.53. The van der Waals surface area contributed by atoms with Crippen molar-refractivity contribution < 1.29 is 8.42 Å². The van der Waals surface area contributed by atoms with Gasteiger partial charge in [0.2, 0.25) is 10.0 Å². The largest absolute Gasteiger partial charge is 0.398 e. The van der Waals surface area contributed by atoms with Crippen LogP contribution in [0.5, 0.6) is 0 Å². The Balaban J connectivity index is 3.09. The molecule has 19 heavy (non-hydrogen) atoms. The van der Waals surface area contributed by atoms with Crippen LogP contribution in [0, 0.1) is 0 Å². The van der Waals surface area contributed by atoms with Gasteiger partial charge in [0, 0.05) is 11.2 Å². The molecule has 5 nitrogen and oxygen atoms in total. The fourth-order valence-corrected chi connectivity index (χ4v) is 2.85. The van der Waals surface area contributed by atoms with Gasteiger partial charge in [0.15, 0.2) is 0 Å². The van der Waals surface area contributed by atoms with Gasteiger partial charge in [-0.05, 0) is 37.5 Å². The highest BCUT2D eigenvalue weighted by Crippen LogP contribution is 2.28. The number of anilines is 2. The molecule has 108 valence electrons. The minimum atomic E-state index is -3.76. The maximum Gasteiger partial charge on any atom is 0.240 e. The number of rotatable bonds is 6. The minimum Gasteiger partial charge on any atom is -0.398 e. The van der Waals surface area contributed by atoms with Crippen molar-refractivity contribution in [3.05, 3.63) is 18.2 Å². The molecule has 6 heteroatoms. The van der Waals surface area contributed by atoms with E-state index in [2.05, 4.69) is 26.1 Å². The molecule has 0 radical (unpaired) electrons. The summed E-state index contributed by atoms with van der Waals surface area (Å²) in [6.45, 7) is 6.38. The van der Waals surface area contributed by atoms with Crippen molar-refractivity contribution in [2.24, 2.45) is 5.14 Å². The average molecular weight is 285 g/mol. The summed E-state index contributed by atoms with van der Waals surface area (Å²) >= 11 is 0. The topological polar surface area (TPSA) is 98.2 Å². The smallest absolute Gasteiger partial charge is 0.240 e. The van der Waals surface area contributed by atoms with Gasteiger partial charge < -0.3 is 11.1 Å². The molecule has 0 aliphatic rings. The van der Waals surface area contributed by atoms with Gasteiger partial charge in [0.05, 0.1) is 5.69 Å². The molecular weight excluding hydrogens is 262 g/mol. The van der Waals surface area contributed by atoms with Gasteiger partial charge in [-0.2, -0.15) is 0 Å². The first-order chi connectivity index (χ1) is 8.78. The molecular formula is C13H23N3O2S. The van der Waals surface area contributed by atoms with E-state index in [1.165, 1.54) is 6.07 Å². The van der Waals surface area contributed by atoms with Gasteiger partial charge in [-0.15, -0.1) is 0 Å². The second kappa shape index (κ2) is 5.79. The molecule has 0 atom stereocenters. The number of sulfonamides is 1. The van der Waals surface area contributed by atoms with Crippen LogP contribution in [0.4, 0.5) is 11.4 Å². The molecule has 0 amide bonds. The van der Waals surface area contributed by atoms with Crippen LogP contribution in [0.15, 0.2) is 23.1 Å². The average Bonchev–Trinajstić information content (AvgIpc) is 2.34. The Morgan fingerprint density at radius 3 is 2.05 bits per heavy atom. The highest BCUT2D eigenvalue weighted by Gasteiger charge is 2.23. The molecule has 0 aliphatic heterocycles. The predicted octanol–water partition coefficient (Wildman–Crippen LogP) is 2.30. The van der Waals surface area contributed by atoms with Gasteiger partial charge in [0.1, 0.15) is 4.90 Å². The third kappa shape index (κ3) is 3.61. The molecule has 0 aromatic heterocycles. The first-order valence-corrected chi connectivity index (χ1v) is 8.03. The Morgan fingerprint density at radius 1 is 1.16 bits per heavy atom. The molecule has 1 rings (SSSR count). The molecule has 0 saturated carbocycles. The third-order valence-corrected chi connectivity index (χ3v) is 4.74. The maximum atomic E-state index is 11.3. The summed E-state index contributed by atoms with van der Waals surface area (Å²) in [6, 6.07) is 4.76. The van der Waals surface area contributed by atoms with Crippen molar-refractivity contribution >= 4 is 21.4 Å². The van der Waals surface area contributed by atoms with Gasteiger partial charge in [-0.3, -0.25) is 0 Å². The minimum absolute atomic E-state index is 0.00947. The van der Waals surface area contributed by atoms with Crippen molar-refractivity contribution in [3.63, 3.8) is 0 Å². The van der Waals surface area contributed by atoms with Crippen LogP contribution in [0.25, 0.3) is 0 Å². The van der Waals surface area contributed by atoms with E-state index in [1.807, 2.05) is 0 Å². The predicted molar refractivity (Wildman–Crippen MR) is 79.5 cm³/mol. The van der Waals surface area contributed by atoms with Crippen LogP contribution in [0.3, 0.4) is 0 Å². The molecule has 0 spiro atoms. The molecule has 1 aromatic rings. The van der Waals surface area contributed by atoms with Gasteiger partial charge in [-0.1, -0.05) is 20.8 Å². The third-order valence-electron chi connectivity index (χ3n) is 3.76. The summed E-state index contributed by atoms with van der Waals surface area (Å²) in [5.74, 6) is 0. The van der Waals surface area contributed by atoms with Crippen molar-refractivity contribution in [2.45, 2.75) is 50.5 Å². The fraction of sp³-hybridized carbons (Fsp3) is 0.538. The van der Waals surface area contributed by atoms with E-state index < -0.39 is 10.0 Å². The van der Waals surface area contributed by atoms with Crippen molar-refractivity contribution in [1.29, 1.82) is 0 Å². The molecule has 0 unspecified atom stereocenters. The summed E-state index contributed by atoms with van der Waals surface area (Å²) in [6.07, 6.45) is 2.95. The zero-order valence-corrected chi connectivity index (χ0v) is 12.5. The number of hydrogen-bond donors (Lipinski definition) is 3. The molecule has 5 N–H and O–H groups in total. The Hall–Kier alpha value is -1.27. The molecule has 0 bridgehead atoms. The monoisotopic (exact) mass is 285 g/mol. The number of nitrogen functional groups attached to an aromatic ring is 1. The van der Waals surface area contributed by atoms with Crippen LogP contribution >= 0.6 is 0 Å². The lowest BCUT2D eigenvalue weighted by molar-refractivity contribution is 0.420. The Morgan fingerprint density at radius 2 is 1.68 bits per heavy atom. The van der Waals surface area contributed by atoms with E-state index in [0.717, 1.165) is 24.9 Å². The van der Waals surface area contributed by atoms with Crippen LogP contribution in [-0.2, 0) is 10.0 Å². The number of hydrogen-bond acceptors (Lipinski definition) is 4. The van der Waals surface area contributed by atoms with Gasteiger partial charge in [0.25, 0.3) is 0 Å². The maximum absolute atomic E-state index is 11.3. The lowest BCUT2D eigenvalue weighted by Gasteiger charge is -2.33. The number of primary sulfonamides is 1. The van der Waals surface area contributed by atoms with Gasteiger partial charge >= 0.3 is 0 Å². The molecule has 0 aliphatic carbocycles. The normalized spacial score (nSPS) is 12.4. The summed E-state index contributed by atoms with van der Waals surface area (Å²) in [5.41, 5.74) is 6.75. The van der Waals surface area contributed by atoms with E-state index in [0.29, 0.717) is 0 Å². The Bertz CT molecular complexity index is 529. The van der Waals surface area contributed by atoms with Crippen LogP contribution in [-0.4, -0.2) is 14.0 Å². The molecule has 0 saturated heterocycles. The standard InChI is InChI=1S/C13H23N3O2S/c1-4-13(5-2,6-3)16-10-7-8-12(11(14)9-10)19(15,17)18/h7-9,16H,4-6,14H2,1-3H3,(H2,15,17,18). The van der Waals surface area contributed by atoms with Crippen molar-refractivity contribution in [1.82, 2.24) is 0 Å². The number of nitrogens with one attached hydrogen (secondary N) is 1. The lowest BCUT2D eigenvalue weighted by Crippen LogP contribution is -2.36. The second-order valence-corrected chi connectivity index (χ2v) is 6.29. The quantitative estimate of drug-likeness (QED) is 0.698.